The summed E-state index contributed by atoms with van der Waals surface area (Å²) >= 11 is 0. The molecule has 1 aliphatic carbocycles. The number of tetrazole rings is 1. The Labute approximate surface area is 108 Å². The highest BCUT2D eigenvalue weighted by Gasteiger charge is 2.21. The fraction of sp³-hybridized carbons (Fsp3) is 0.364. The Bertz CT molecular complexity index is 607. The van der Waals surface area contributed by atoms with Gasteiger partial charge in [0, 0.05) is 18.2 Å². The number of hydrogen-bond donors (Lipinski definition) is 1. The minimum absolute atomic E-state index is 0.0223. The second kappa shape index (κ2) is 4.73. The molecule has 1 fully saturated rings. The molecular weight excluding hydrogens is 248 g/mol. The summed E-state index contributed by atoms with van der Waals surface area (Å²) in [6.45, 7) is 0.556. The molecule has 8 heteroatoms. The number of nitro benzene ring substituents is 1. The summed E-state index contributed by atoms with van der Waals surface area (Å²) in [5.74, 6) is 0.646. The van der Waals surface area contributed by atoms with Gasteiger partial charge in [-0.15, -0.1) is 5.10 Å². The molecule has 0 spiro atoms. The molecule has 1 aromatic heterocycles. The van der Waals surface area contributed by atoms with Gasteiger partial charge in [-0.3, -0.25) is 10.1 Å². The number of aromatic nitrogens is 4. The van der Waals surface area contributed by atoms with Crippen LogP contribution in [0.5, 0.6) is 0 Å². The van der Waals surface area contributed by atoms with E-state index in [1.807, 2.05) is 0 Å². The third-order valence-corrected chi connectivity index (χ3v) is 2.95. The summed E-state index contributed by atoms with van der Waals surface area (Å²) in [5.41, 5.74) is 0.612. The minimum atomic E-state index is -0.435. The lowest BCUT2D eigenvalue weighted by Crippen LogP contribution is -2.18. The Morgan fingerprint density at radius 2 is 2.32 bits per heavy atom. The fourth-order valence-corrected chi connectivity index (χ4v) is 1.78. The highest BCUT2D eigenvalue weighted by atomic mass is 16.6. The van der Waals surface area contributed by atoms with Crippen LogP contribution in [-0.4, -0.2) is 31.2 Å². The van der Waals surface area contributed by atoms with Gasteiger partial charge in [-0.25, -0.2) is 0 Å². The van der Waals surface area contributed by atoms with Crippen molar-refractivity contribution in [2.45, 2.75) is 25.4 Å². The van der Waals surface area contributed by atoms with E-state index in [0.29, 0.717) is 24.1 Å². The predicted molar refractivity (Wildman–Crippen MR) is 65.7 cm³/mol. The van der Waals surface area contributed by atoms with Crippen molar-refractivity contribution in [1.82, 2.24) is 25.5 Å². The smallest absolute Gasteiger partial charge is 0.271 e. The molecule has 1 saturated carbocycles. The van der Waals surface area contributed by atoms with Crippen LogP contribution in [0.4, 0.5) is 5.69 Å². The van der Waals surface area contributed by atoms with Gasteiger partial charge in [0.15, 0.2) is 5.82 Å². The Kier molecular flexibility index (Phi) is 2.92. The van der Waals surface area contributed by atoms with Crippen LogP contribution in [0.3, 0.4) is 0 Å². The van der Waals surface area contributed by atoms with Crippen LogP contribution < -0.4 is 5.32 Å². The van der Waals surface area contributed by atoms with Crippen LogP contribution in [0.25, 0.3) is 5.69 Å². The highest BCUT2D eigenvalue weighted by molar-refractivity contribution is 5.42. The molecule has 0 amide bonds. The van der Waals surface area contributed by atoms with Crippen LogP contribution in [0.1, 0.15) is 18.7 Å². The van der Waals surface area contributed by atoms with Crippen molar-refractivity contribution >= 4 is 5.69 Å². The average molecular weight is 260 g/mol. The summed E-state index contributed by atoms with van der Waals surface area (Å²) < 4.78 is 1.52. The molecule has 0 bridgehead atoms. The molecule has 1 aromatic carbocycles. The molecule has 1 N–H and O–H groups in total. The maximum atomic E-state index is 10.8. The van der Waals surface area contributed by atoms with Gasteiger partial charge in [-0.05, 0) is 29.3 Å². The van der Waals surface area contributed by atoms with Crippen LogP contribution in [0, 0.1) is 10.1 Å². The van der Waals surface area contributed by atoms with Gasteiger partial charge in [0.05, 0.1) is 17.2 Å². The van der Waals surface area contributed by atoms with E-state index < -0.39 is 4.92 Å². The quantitative estimate of drug-likeness (QED) is 0.631. The maximum Gasteiger partial charge on any atom is 0.271 e. The number of hydrogen-bond acceptors (Lipinski definition) is 6. The molecule has 1 heterocycles. The van der Waals surface area contributed by atoms with E-state index in [2.05, 4.69) is 20.8 Å². The summed E-state index contributed by atoms with van der Waals surface area (Å²) in [6, 6.07) is 6.81. The number of nitrogens with zero attached hydrogens (tertiary/aromatic N) is 5. The lowest BCUT2D eigenvalue weighted by Gasteiger charge is -2.05. The molecule has 0 saturated heterocycles. The van der Waals surface area contributed by atoms with Gasteiger partial charge in [-0.2, -0.15) is 4.68 Å². The van der Waals surface area contributed by atoms with Gasteiger partial charge in [0.1, 0.15) is 0 Å². The molecule has 0 atom stereocenters. The zero-order valence-electron chi connectivity index (χ0n) is 10.1. The van der Waals surface area contributed by atoms with E-state index in [-0.39, 0.29) is 5.69 Å². The van der Waals surface area contributed by atoms with Crippen molar-refractivity contribution in [3.8, 4) is 5.69 Å². The standard InChI is InChI=1S/C11H12N6O2/c18-17(19)10-3-1-2-9(6-10)16-11(13-14-15-16)7-12-8-4-5-8/h1-3,6,8,12H,4-5,7H2. The Balaban J connectivity index is 1.86. The van der Waals surface area contributed by atoms with E-state index >= 15 is 0 Å². The molecule has 0 radical (unpaired) electrons. The molecular formula is C11H12N6O2. The van der Waals surface area contributed by atoms with E-state index in [9.17, 15) is 10.1 Å². The lowest BCUT2D eigenvalue weighted by molar-refractivity contribution is -0.384. The summed E-state index contributed by atoms with van der Waals surface area (Å²) in [6.07, 6.45) is 2.36. The third-order valence-electron chi connectivity index (χ3n) is 2.95. The minimum Gasteiger partial charge on any atom is -0.307 e. The first-order valence-corrected chi connectivity index (χ1v) is 5.99. The molecule has 98 valence electrons. The Hall–Kier alpha value is -2.35. The predicted octanol–water partition coefficient (Wildman–Crippen LogP) is 0.823. The van der Waals surface area contributed by atoms with Gasteiger partial charge in [0.25, 0.3) is 5.69 Å². The number of non-ortho nitro benzene ring substituents is 1. The average Bonchev–Trinajstić information content (AvgIpc) is 3.13. The SMILES string of the molecule is O=[N+]([O-])c1cccc(-n2nnnc2CNC2CC2)c1. The first kappa shape index (κ1) is 11.7. The topological polar surface area (TPSA) is 98.8 Å². The number of nitrogens with one attached hydrogen (secondary N) is 1. The van der Waals surface area contributed by atoms with Crippen LogP contribution in [0.15, 0.2) is 24.3 Å². The van der Waals surface area contributed by atoms with Crippen LogP contribution in [-0.2, 0) is 6.54 Å². The van der Waals surface area contributed by atoms with Gasteiger partial charge in [0.2, 0.25) is 0 Å². The van der Waals surface area contributed by atoms with Gasteiger partial charge < -0.3 is 5.32 Å². The zero-order valence-corrected chi connectivity index (χ0v) is 10.1. The summed E-state index contributed by atoms with van der Waals surface area (Å²) in [5, 5.41) is 25.5. The second-order valence-electron chi connectivity index (χ2n) is 4.44. The largest absolute Gasteiger partial charge is 0.307 e. The van der Waals surface area contributed by atoms with Crippen molar-refractivity contribution in [3.63, 3.8) is 0 Å². The van der Waals surface area contributed by atoms with Crippen LogP contribution in [0.2, 0.25) is 0 Å². The molecule has 0 aliphatic heterocycles. The Morgan fingerprint density at radius 1 is 1.47 bits per heavy atom. The van der Waals surface area contributed by atoms with E-state index in [0.717, 1.165) is 0 Å². The molecule has 0 unspecified atom stereocenters. The summed E-state index contributed by atoms with van der Waals surface area (Å²) in [7, 11) is 0. The third kappa shape index (κ3) is 2.58. The first-order chi connectivity index (χ1) is 9.24. The van der Waals surface area contributed by atoms with Crippen molar-refractivity contribution < 1.29 is 4.92 Å². The van der Waals surface area contributed by atoms with Crippen molar-refractivity contribution in [2.75, 3.05) is 0 Å². The van der Waals surface area contributed by atoms with Crippen molar-refractivity contribution in [1.29, 1.82) is 0 Å². The molecule has 8 nitrogen and oxygen atoms in total. The molecule has 1 aliphatic rings. The van der Waals surface area contributed by atoms with E-state index in [4.69, 9.17) is 0 Å². The number of rotatable bonds is 5. The zero-order chi connectivity index (χ0) is 13.2. The van der Waals surface area contributed by atoms with Gasteiger partial charge >= 0.3 is 0 Å². The highest BCUT2D eigenvalue weighted by Crippen LogP contribution is 2.20. The molecule has 2 aromatic rings. The normalized spacial score (nSPS) is 14.5. The Morgan fingerprint density at radius 3 is 3.05 bits per heavy atom. The van der Waals surface area contributed by atoms with Gasteiger partial charge in [-0.1, -0.05) is 6.07 Å². The van der Waals surface area contributed by atoms with Crippen molar-refractivity contribution in [3.05, 3.63) is 40.2 Å². The lowest BCUT2D eigenvalue weighted by atomic mass is 10.3. The van der Waals surface area contributed by atoms with Crippen LogP contribution >= 0.6 is 0 Å². The number of benzene rings is 1. The monoisotopic (exact) mass is 260 g/mol. The van der Waals surface area contributed by atoms with E-state index in [1.165, 1.54) is 29.7 Å². The maximum absolute atomic E-state index is 10.8. The van der Waals surface area contributed by atoms with E-state index in [1.54, 1.807) is 12.1 Å². The first-order valence-electron chi connectivity index (χ1n) is 5.99. The molecule has 3 rings (SSSR count). The summed E-state index contributed by atoms with van der Waals surface area (Å²) in [4.78, 5) is 10.3. The van der Waals surface area contributed by atoms with Crippen molar-refractivity contribution in [2.24, 2.45) is 0 Å². The fourth-order valence-electron chi connectivity index (χ4n) is 1.78. The molecule has 19 heavy (non-hydrogen) atoms. The second-order valence-corrected chi connectivity index (χ2v) is 4.44. The number of nitro groups is 1.